The number of rotatable bonds is 5. The van der Waals surface area contributed by atoms with Gasteiger partial charge in [0, 0.05) is 45.1 Å². The Morgan fingerprint density at radius 2 is 2.32 bits per heavy atom. The molecule has 0 bridgehead atoms. The van der Waals surface area contributed by atoms with Crippen LogP contribution in [-0.2, 0) is 6.42 Å². The number of hydrogen-bond donors (Lipinski definition) is 1. The molecule has 2 heterocycles. The van der Waals surface area contributed by atoms with Gasteiger partial charge >= 0.3 is 0 Å². The van der Waals surface area contributed by atoms with E-state index in [2.05, 4.69) is 41.1 Å². The predicted octanol–water partition coefficient (Wildman–Crippen LogP) is 1.63. The van der Waals surface area contributed by atoms with Crippen molar-refractivity contribution in [2.24, 2.45) is 5.92 Å². The number of aromatic nitrogens is 2. The van der Waals surface area contributed by atoms with E-state index in [1.54, 1.807) is 0 Å². The monoisotopic (exact) mass is 266 g/mol. The Morgan fingerprint density at radius 3 is 2.95 bits per heavy atom. The highest BCUT2D eigenvalue weighted by atomic mass is 16.5. The Balaban J connectivity index is 1.86. The maximum absolute atomic E-state index is 5.02. The van der Waals surface area contributed by atoms with Crippen LogP contribution < -0.4 is 5.32 Å². The van der Waals surface area contributed by atoms with E-state index in [-0.39, 0.29) is 0 Å². The molecule has 1 aliphatic rings. The molecule has 0 aromatic carbocycles. The van der Waals surface area contributed by atoms with E-state index in [0.29, 0.717) is 18.0 Å². The van der Waals surface area contributed by atoms with Gasteiger partial charge in [0.25, 0.3) is 0 Å². The lowest BCUT2D eigenvalue weighted by atomic mass is 9.95. The summed E-state index contributed by atoms with van der Waals surface area (Å²) >= 11 is 0. The van der Waals surface area contributed by atoms with Gasteiger partial charge in [-0.15, -0.1) is 0 Å². The molecule has 0 radical (unpaired) electrons. The van der Waals surface area contributed by atoms with E-state index in [1.807, 2.05) is 6.92 Å². The molecule has 5 heteroatoms. The SMILES string of the molecule is CCC(C)C1CN(CCc2noc(C)n2)C(C)CN1. The average molecular weight is 266 g/mol. The fourth-order valence-electron chi connectivity index (χ4n) is 2.61. The fourth-order valence-corrected chi connectivity index (χ4v) is 2.61. The summed E-state index contributed by atoms with van der Waals surface area (Å²) in [5.41, 5.74) is 0. The topological polar surface area (TPSA) is 54.2 Å². The molecule has 3 atom stereocenters. The molecular weight excluding hydrogens is 240 g/mol. The number of piperazine rings is 1. The maximum Gasteiger partial charge on any atom is 0.223 e. The van der Waals surface area contributed by atoms with E-state index in [4.69, 9.17) is 4.52 Å². The molecule has 2 rings (SSSR count). The highest BCUT2D eigenvalue weighted by Crippen LogP contribution is 2.15. The van der Waals surface area contributed by atoms with Gasteiger partial charge < -0.3 is 9.84 Å². The Hall–Kier alpha value is -0.940. The summed E-state index contributed by atoms with van der Waals surface area (Å²) in [5, 5.41) is 7.63. The first kappa shape index (κ1) is 14.5. The highest BCUT2D eigenvalue weighted by molar-refractivity contribution is 4.90. The van der Waals surface area contributed by atoms with Gasteiger partial charge in [-0.05, 0) is 12.8 Å². The molecule has 1 aromatic rings. The molecule has 1 aromatic heterocycles. The molecule has 3 unspecified atom stereocenters. The van der Waals surface area contributed by atoms with Crippen molar-refractivity contribution in [1.29, 1.82) is 0 Å². The van der Waals surface area contributed by atoms with Crippen LogP contribution in [0, 0.1) is 12.8 Å². The fraction of sp³-hybridized carbons (Fsp3) is 0.857. The minimum Gasteiger partial charge on any atom is -0.340 e. The Labute approximate surface area is 115 Å². The number of nitrogens with one attached hydrogen (secondary N) is 1. The summed E-state index contributed by atoms with van der Waals surface area (Å²) in [6, 6.07) is 1.18. The third-order valence-corrected chi connectivity index (χ3v) is 4.25. The van der Waals surface area contributed by atoms with E-state index in [1.165, 1.54) is 6.42 Å². The average Bonchev–Trinajstić information content (AvgIpc) is 2.82. The van der Waals surface area contributed by atoms with E-state index in [9.17, 15) is 0 Å². The van der Waals surface area contributed by atoms with Crippen molar-refractivity contribution in [3.63, 3.8) is 0 Å². The number of nitrogens with zero attached hydrogens (tertiary/aromatic N) is 3. The maximum atomic E-state index is 5.02. The van der Waals surface area contributed by atoms with Crippen molar-refractivity contribution in [1.82, 2.24) is 20.4 Å². The molecule has 1 aliphatic heterocycles. The van der Waals surface area contributed by atoms with Gasteiger partial charge in [-0.1, -0.05) is 25.4 Å². The zero-order chi connectivity index (χ0) is 13.8. The normalized spacial score (nSPS) is 26.5. The van der Waals surface area contributed by atoms with Crippen LogP contribution in [0.2, 0.25) is 0 Å². The summed E-state index contributed by atoms with van der Waals surface area (Å²) in [4.78, 5) is 6.81. The van der Waals surface area contributed by atoms with Crippen molar-refractivity contribution in [3.05, 3.63) is 11.7 Å². The zero-order valence-corrected chi connectivity index (χ0v) is 12.5. The van der Waals surface area contributed by atoms with Crippen LogP contribution in [0.3, 0.4) is 0 Å². The van der Waals surface area contributed by atoms with Gasteiger partial charge in [0.1, 0.15) is 0 Å². The summed E-state index contributed by atoms with van der Waals surface area (Å²) in [7, 11) is 0. The van der Waals surface area contributed by atoms with Crippen molar-refractivity contribution in [2.75, 3.05) is 19.6 Å². The van der Waals surface area contributed by atoms with E-state index >= 15 is 0 Å². The predicted molar refractivity (Wildman–Crippen MR) is 75.0 cm³/mol. The molecule has 0 aliphatic carbocycles. The molecule has 108 valence electrons. The van der Waals surface area contributed by atoms with Crippen molar-refractivity contribution < 1.29 is 4.52 Å². The second-order valence-corrected chi connectivity index (χ2v) is 5.72. The van der Waals surface area contributed by atoms with Gasteiger partial charge in [-0.3, -0.25) is 4.90 Å². The molecule has 19 heavy (non-hydrogen) atoms. The zero-order valence-electron chi connectivity index (χ0n) is 12.5. The molecule has 1 saturated heterocycles. The van der Waals surface area contributed by atoms with Crippen LogP contribution in [0.4, 0.5) is 0 Å². The minimum atomic E-state index is 0.577. The van der Waals surface area contributed by atoms with Crippen molar-refractivity contribution in [2.45, 2.75) is 52.6 Å². The van der Waals surface area contributed by atoms with Crippen LogP contribution >= 0.6 is 0 Å². The van der Waals surface area contributed by atoms with Crippen LogP contribution in [0.25, 0.3) is 0 Å². The van der Waals surface area contributed by atoms with Gasteiger partial charge in [-0.2, -0.15) is 4.98 Å². The lowest BCUT2D eigenvalue weighted by Gasteiger charge is -2.40. The number of aryl methyl sites for hydroxylation is 1. The second-order valence-electron chi connectivity index (χ2n) is 5.72. The molecule has 1 fully saturated rings. The molecule has 1 N–H and O–H groups in total. The third kappa shape index (κ3) is 3.76. The summed E-state index contributed by atoms with van der Waals surface area (Å²) in [6.07, 6.45) is 2.10. The van der Waals surface area contributed by atoms with Crippen LogP contribution in [0.5, 0.6) is 0 Å². The Bertz CT molecular complexity index is 393. The van der Waals surface area contributed by atoms with Gasteiger partial charge in [0.2, 0.25) is 5.89 Å². The van der Waals surface area contributed by atoms with Gasteiger partial charge in [-0.25, -0.2) is 0 Å². The molecule has 5 nitrogen and oxygen atoms in total. The third-order valence-electron chi connectivity index (χ3n) is 4.25. The summed E-state index contributed by atoms with van der Waals surface area (Å²) < 4.78 is 5.02. The smallest absolute Gasteiger partial charge is 0.223 e. The van der Waals surface area contributed by atoms with Gasteiger partial charge in [0.15, 0.2) is 5.82 Å². The first-order chi connectivity index (χ1) is 9.10. The van der Waals surface area contributed by atoms with Crippen molar-refractivity contribution in [3.8, 4) is 0 Å². The first-order valence-electron chi connectivity index (χ1n) is 7.36. The van der Waals surface area contributed by atoms with Crippen LogP contribution in [0.15, 0.2) is 4.52 Å². The molecule has 0 saturated carbocycles. The molecular formula is C14H26N4O. The standard InChI is InChI=1S/C14H26N4O/c1-5-10(2)13-9-18(11(3)8-15-13)7-6-14-16-12(4)19-17-14/h10-11,13,15H,5-9H2,1-4H3. The van der Waals surface area contributed by atoms with Crippen LogP contribution in [-0.4, -0.2) is 46.8 Å². The quantitative estimate of drug-likeness (QED) is 0.878. The molecule has 0 amide bonds. The van der Waals surface area contributed by atoms with E-state index < -0.39 is 0 Å². The number of hydrogen-bond acceptors (Lipinski definition) is 5. The Morgan fingerprint density at radius 1 is 1.53 bits per heavy atom. The molecule has 0 spiro atoms. The lowest BCUT2D eigenvalue weighted by Crippen LogP contribution is -2.57. The lowest BCUT2D eigenvalue weighted by molar-refractivity contribution is 0.119. The van der Waals surface area contributed by atoms with Gasteiger partial charge in [0.05, 0.1) is 0 Å². The Kier molecular flexibility index (Phi) is 4.93. The van der Waals surface area contributed by atoms with Crippen molar-refractivity contribution >= 4 is 0 Å². The van der Waals surface area contributed by atoms with E-state index in [0.717, 1.165) is 37.8 Å². The highest BCUT2D eigenvalue weighted by Gasteiger charge is 2.27. The first-order valence-corrected chi connectivity index (χ1v) is 7.36. The largest absolute Gasteiger partial charge is 0.340 e. The second kappa shape index (κ2) is 6.48. The summed E-state index contributed by atoms with van der Waals surface area (Å²) in [5.74, 6) is 2.20. The van der Waals surface area contributed by atoms with Crippen LogP contribution in [0.1, 0.15) is 38.9 Å². The minimum absolute atomic E-state index is 0.577. The summed E-state index contributed by atoms with van der Waals surface area (Å²) in [6.45, 7) is 11.9.